The first-order chi connectivity index (χ1) is 9.35. The van der Waals surface area contributed by atoms with E-state index < -0.39 is 0 Å². The van der Waals surface area contributed by atoms with E-state index in [1.54, 1.807) is 11.8 Å². The summed E-state index contributed by atoms with van der Waals surface area (Å²) >= 11 is 1.62. The van der Waals surface area contributed by atoms with Crippen LogP contribution in [0.1, 0.15) is 5.69 Å². The van der Waals surface area contributed by atoms with Gasteiger partial charge in [-0.25, -0.2) is 15.8 Å². The molecule has 0 unspecified atom stereocenters. The first kappa shape index (κ1) is 12.0. The van der Waals surface area contributed by atoms with Crippen molar-refractivity contribution in [3.05, 3.63) is 48.2 Å². The number of nitrogen functional groups attached to an aromatic ring is 1. The maximum Gasteiger partial charge on any atom is 0.166 e. The number of para-hydroxylation sites is 2. The highest BCUT2D eigenvalue weighted by Gasteiger charge is 2.04. The number of anilines is 1. The van der Waals surface area contributed by atoms with Gasteiger partial charge < -0.3 is 10.4 Å². The van der Waals surface area contributed by atoms with Gasteiger partial charge in [-0.2, -0.15) is 0 Å². The van der Waals surface area contributed by atoms with Gasteiger partial charge in [0.15, 0.2) is 5.16 Å². The van der Waals surface area contributed by atoms with E-state index in [9.17, 15) is 0 Å². The average molecular weight is 271 g/mol. The predicted octanol–water partition coefficient (Wildman–Crippen LogP) is 2.54. The van der Waals surface area contributed by atoms with E-state index in [0.29, 0.717) is 5.82 Å². The van der Waals surface area contributed by atoms with E-state index in [2.05, 4.69) is 20.4 Å². The molecule has 0 spiro atoms. The molecule has 3 aromatic rings. The molecule has 4 N–H and O–H groups in total. The van der Waals surface area contributed by atoms with Crippen LogP contribution in [0.3, 0.4) is 0 Å². The number of H-pyrrole nitrogens is 1. The van der Waals surface area contributed by atoms with Crippen molar-refractivity contribution >= 4 is 28.6 Å². The van der Waals surface area contributed by atoms with Gasteiger partial charge in [0.25, 0.3) is 0 Å². The first-order valence-corrected chi connectivity index (χ1v) is 6.84. The first-order valence-electron chi connectivity index (χ1n) is 5.85. The number of thioether (sulfide) groups is 1. The minimum absolute atomic E-state index is 0.669. The van der Waals surface area contributed by atoms with Gasteiger partial charge in [-0.05, 0) is 24.3 Å². The molecule has 0 amide bonds. The summed E-state index contributed by atoms with van der Waals surface area (Å²) in [6, 6.07) is 13.7. The third kappa shape index (κ3) is 2.69. The van der Waals surface area contributed by atoms with Gasteiger partial charge in [0.05, 0.1) is 16.7 Å². The smallest absolute Gasteiger partial charge is 0.166 e. The summed E-state index contributed by atoms with van der Waals surface area (Å²) in [5.41, 5.74) is 5.54. The number of benzene rings is 1. The number of nitrogens with two attached hydrogens (primary N) is 1. The van der Waals surface area contributed by atoms with Gasteiger partial charge in [-0.15, -0.1) is 0 Å². The molecule has 0 saturated carbocycles. The Kier molecular flexibility index (Phi) is 3.35. The summed E-state index contributed by atoms with van der Waals surface area (Å²) in [5.74, 6) is 6.75. The fraction of sp³-hybridized carbons (Fsp3) is 0.0769. The minimum atomic E-state index is 0.669. The van der Waals surface area contributed by atoms with Gasteiger partial charge in [0.2, 0.25) is 0 Å². The summed E-state index contributed by atoms with van der Waals surface area (Å²) < 4.78 is 0. The maximum atomic E-state index is 5.34. The fourth-order valence-corrected chi connectivity index (χ4v) is 2.57. The molecule has 0 aliphatic heterocycles. The third-order valence-electron chi connectivity index (χ3n) is 2.68. The molecule has 0 fully saturated rings. The van der Waals surface area contributed by atoms with E-state index in [1.165, 1.54) is 0 Å². The lowest BCUT2D eigenvalue weighted by Gasteiger charge is -2.02. The standard InChI is InChI=1S/C13H13N5S/c14-18-12-7-3-4-9(15-12)8-19-13-16-10-5-1-2-6-11(10)17-13/h1-7H,8,14H2,(H,15,18)(H,16,17). The molecule has 2 heterocycles. The fourth-order valence-electron chi connectivity index (χ4n) is 1.78. The lowest BCUT2D eigenvalue weighted by molar-refractivity contribution is 1.07. The molecule has 3 rings (SSSR count). The van der Waals surface area contributed by atoms with Crippen molar-refractivity contribution in [3.8, 4) is 0 Å². The van der Waals surface area contributed by atoms with Crippen molar-refractivity contribution in [1.82, 2.24) is 15.0 Å². The Labute approximate surface area is 114 Å². The zero-order valence-electron chi connectivity index (χ0n) is 10.1. The topological polar surface area (TPSA) is 79.6 Å². The molecule has 1 aromatic carbocycles. The summed E-state index contributed by atoms with van der Waals surface area (Å²) in [7, 11) is 0. The highest BCUT2D eigenvalue weighted by molar-refractivity contribution is 7.98. The summed E-state index contributed by atoms with van der Waals surface area (Å²) in [5, 5.41) is 0.897. The van der Waals surface area contributed by atoms with E-state index in [0.717, 1.165) is 27.6 Å². The molecule has 0 saturated heterocycles. The number of imidazole rings is 1. The molecular weight excluding hydrogens is 258 g/mol. The lowest BCUT2D eigenvalue weighted by Crippen LogP contribution is -2.08. The summed E-state index contributed by atoms with van der Waals surface area (Å²) in [6.07, 6.45) is 0. The number of rotatable bonds is 4. The van der Waals surface area contributed by atoms with Crippen LogP contribution in [0, 0.1) is 0 Å². The molecule has 0 aliphatic rings. The quantitative estimate of drug-likeness (QED) is 0.386. The molecule has 0 aliphatic carbocycles. The third-order valence-corrected chi connectivity index (χ3v) is 3.59. The second-order valence-corrected chi connectivity index (χ2v) is 4.97. The van der Waals surface area contributed by atoms with Crippen LogP contribution in [0.5, 0.6) is 0 Å². The van der Waals surface area contributed by atoms with Crippen molar-refractivity contribution < 1.29 is 0 Å². The van der Waals surface area contributed by atoms with Crippen molar-refractivity contribution in [2.45, 2.75) is 10.9 Å². The average Bonchev–Trinajstić information content (AvgIpc) is 2.88. The van der Waals surface area contributed by atoms with Crippen LogP contribution in [-0.4, -0.2) is 15.0 Å². The molecular formula is C13H13N5S. The Balaban J connectivity index is 1.74. The molecule has 2 aromatic heterocycles. The molecule has 19 heavy (non-hydrogen) atoms. The molecule has 6 heteroatoms. The highest BCUT2D eigenvalue weighted by atomic mass is 32.2. The van der Waals surface area contributed by atoms with Gasteiger partial charge in [0, 0.05) is 5.75 Å². The largest absolute Gasteiger partial charge is 0.333 e. The Morgan fingerprint density at radius 1 is 1.11 bits per heavy atom. The number of nitrogens with one attached hydrogen (secondary N) is 2. The van der Waals surface area contributed by atoms with Crippen molar-refractivity contribution in [2.24, 2.45) is 5.84 Å². The number of nitrogens with zero attached hydrogens (tertiary/aromatic N) is 2. The SMILES string of the molecule is NNc1cccc(CSc2nc3ccccc3[nH]2)n1. The minimum Gasteiger partial charge on any atom is -0.333 e. The maximum absolute atomic E-state index is 5.34. The van der Waals surface area contributed by atoms with E-state index in [4.69, 9.17) is 5.84 Å². The van der Waals surface area contributed by atoms with E-state index in [1.807, 2.05) is 42.5 Å². The zero-order valence-corrected chi connectivity index (χ0v) is 10.9. The molecule has 0 atom stereocenters. The number of hydrogen-bond acceptors (Lipinski definition) is 5. The Morgan fingerprint density at radius 2 is 2.00 bits per heavy atom. The van der Waals surface area contributed by atoms with Crippen LogP contribution in [0.2, 0.25) is 0 Å². The number of fused-ring (bicyclic) bond motifs is 1. The number of aromatic amines is 1. The van der Waals surface area contributed by atoms with Crippen molar-refractivity contribution in [2.75, 3.05) is 5.43 Å². The number of aromatic nitrogens is 3. The Morgan fingerprint density at radius 3 is 2.84 bits per heavy atom. The second-order valence-electron chi connectivity index (χ2n) is 4.01. The van der Waals surface area contributed by atoms with Crippen LogP contribution in [-0.2, 0) is 5.75 Å². The normalized spacial score (nSPS) is 10.8. The van der Waals surface area contributed by atoms with Gasteiger partial charge in [-0.1, -0.05) is 30.0 Å². The van der Waals surface area contributed by atoms with Crippen LogP contribution < -0.4 is 11.3 Å². The molecule has 96 valence electrons. The molecule has 5 nitrogen and oxygen atoms in total. The highest BCUT2D eigenvalue weighted by Crippen LogP contribution is 2.22. The monoisotopic (exact) mass is 271 g/mol. The van der Waals surface area contributed by atoms with Crippen molar-refractivity contribution in [3.63, 3.8) is 0 Å². The van der Waals surface area contributed by atoms with Gasteiger partial charge in [0.1, 0.15) is 5.82 Å². The second kappa shape index (κ2) is 5.29. The Hall–Kier alpha value is -2.05. The van der Waals surface area contributed by atoms with Crippen LogP contribution in [0.15, 0.2) is 47.6 Å². The number of hydrogen-bond donors (Lipinski definition) is 3. The van der Waals surface area contributed by atoms with E-state index >= 15 is 0 Å². The van der Waals surface area contributed by atoms with E-state index in [-0.39, 0.29) is 0 Å². The van der Waals surface area contributed by atoms with Gasteiger partial charge >= 0.3 is 0 Å². The van der Waals surface area contributed by atoms with Crippen LogP contribution in [0.25, 0.3) is 11.0 Å². The van der Waals surface area contributed by atoms with Crippen molar-refractivity contribution in [1.29, 1.82) is 0 Å². The predicted molar refractivity (Wildman–Crippen MR) is 77.7 cm³/mol. The number of hydrazine groups is 1. The summed E-state index contributed by atoms with van der Waals surface area (Å²) in [4.78, 5) is 12.1. The lowest BCUT2D eigenvalue weighted by atomic mass is 10.3. The summed E-state index contributed by atoms with van der Waals surface area (Å²) in [6.45, 7) is 0. The number of pyridine rings is 1. The van der Waals surface area contributed by atoms with Gasteiger partial charge in [-0.3, -0.25) is 0 Å². The van der Waals surface area contributed by atoms with Crippen LogP contribution >= 0.6 is 11.8 Å². The molecule has 0 radical (unpaired) electrons. The molecule has 0 bridgehead atoms. The Bertz CT molecular complexity index is 661. The van der Waals surface area contributed by atoms with Crippen LogP contribution in [0.4, 0.5) is 5.82 Å². The zero-order chi connectivity index (χ0) is 13.1.